The molecule has 10 aromatic rings. The summed E-state index contributed by atoms with van der Waals surface area (Å²) >= 11 is 0. The second-order valence-electron chi connectivity index (χ2n) is 13.1. The first kappa shape index (κ1) is 30.6. The van der Waals surface area contributed by atoms with Crippen LogP contribution in [0.5, 0.6) is 0 Å². The Morgan fingerprint density at radius 2 is 0.943 bits per heavy atom. The third kappa shape index (κ3) is 5.45. The van der Waals surface area contributed by atoms with Gasteiger partial charge in [0.2, 0.25) is 5.89 Å². The van der Waals surface area contributed by atoms with E-state index >= 15 is 0 Å². The van der Waals surface area contributed by atoms with E-state index in [1.807, 2.05) is 48.5 Å². The molecule has 0 atom stereocenters. The molecule has 0 unspecified atom stereocenters. The highest BCUT2D eigenvalue weighted by atomic mass is 16.3. The summed E-state index contributed by atoms with van der Waals surface area (Å²) in [4.78, 5) is 7.38. The Balaban J connectivity index is 1.13. The first-order valence-electron chi connectivity index (χ1n) is 17.8. The van der Waals surface area contributed by atoms with E-state index in [1.54, 1.807) is 0 Å². The Kier molecular flexibility index (Phi) is 7.43. The average Bonchev–Trinajstić information content (AvgIpc) is 3.85. The van der Waals surface area contributed by atoms with Crippen molar-refractivity contribution in [3.63, 3.8) is 0 Å². The van der Waals surface area contributed by atoms with Crippen LogP contribution < -0.4 is 4.90 Å². The van der Waals surface area contributed by atoms with Gasteiger partial charge in [-0.05, 0) is 71.3 Å². The summed E-state index contributed by atoms with van der Waals surface area (Å²) in [6.07, 6.45) is 0. The molecule has 0 aliphatic heterocycles. The van der Waals surface area contributed by atoms with Crippen molar-refractivity contribution >= 4 is 50.1 Å². The van der Waals surface area contributed by atoms with Crippen LogP contribution in [-0.4, -0.2) is 4.98 Å². The summed E-state index contributed by atoms with van der Waals surface area (Å²) in [7, 11) is 0. The SMILES string of the molecule is c1ccc(-c2nc3c(-c4ccccc4)ccc(-c4ccc(N(c5ccc6c(c5)oc5ccccc56)c5ccccc5-c5ccccc5)cc4)c3o2)cc1. The predicted octanol–water partition coefficient (Wildman–Crippen LogP) is 13.9. The molecule has 0 saturated carbocycles. The first-order chi connectivity index (χ1) is 26.3. The minimum atomic E-state index is 0.603. The molecule has 0 amide bonds. The Morgan fingerprint density at radius 1 is 0.377 bits per heavy atom. The third-order valence-electron chi connectivity index (χ3n) is 9.94. The number of furan rings is 1. The van der Waals surface area contributed by atoms with Crippen molar-refractivity contribution in [1.29, 1.82) is 0 Å². The summed E-state index contributed by atoms with van der Waals surface area (Å²) in [5.41, 5.74) is 13.8. The molecule has 10 rings (SSSR count). The Morgan fingerprint density at radius 3 is 1.70 bits per heavy atom. The van der Waals surface area contributed by atoms with Crippen LogP contribution in [0.4, 0.5) is 17.1 Å². The Labute approximate surface area is 306 Å². The minimum Gasteiger partial charge on any atom is -0.456 e. The van der Waals surface area contributed by atoms with Gasteiger partial charge in [-0.3, -0.25) is 0 Å². The second-order valence-corrected chi connectivity index (χ2v) is 13.1. The fraction of sp³-hybridized carbons (Fsp3) is 0. The monoisotopic (exact) mass is 680 g/mol. The van der Waals surface area contributed by atoms with E-state index in [0.717, 1.165) is 89.0 Å². The lowest BCUT2D eigenvalue weighted by molar-refractivity contribution is 0.621. The number of fused-ring (bicyclic) bond motifs is 4. The summed E-state index contributed by atoms with van der Waals surface area (Å²) in [6.45, 7) is 0. The van der Waals surface area contributed by atoms with Crippen molar-refractivity contribution < 1.29 is 8.83 Å². The molecule has 0 radical (unpaired) electrons. The quantitative estimate of drug-likeness (QED) is 0.168. The third-order valence-corrected chi connectivity index (χ3v) is 9.94. The molecule has 0 N–H and O–H groups in total. The van der Waals surface area contributed by atoms with Crippen LogP contribution in [0, 0.1) is 0 Å². The summed E-state index contributed by atoms with van der Waals surface area (Å²) in [6, 6.07) is 67.3. The molecule has 0 aliphatic rings. The van der Waals surface area contributed by atoms with Crippen LogP contribution in [0.1, 0.15) is 0 Å². The molecule has 2 aromatic heterocycles. The fourth-order valence-electron chi connectivity index (χ4n) is 7.39. The van der Waals surface area contributed by atoms with Crippen LogP contribution in [-0.2, 0) is 0 Å². The maximum Gasteiger partial charge on any atom is 0.227 e. The van der Waals surface area contributed by atoms with E-state index in [4.69, 9.17) is 13.8 Å². The van der Waals surface area contributed by atoms with Gasteiger partial charge >= 0.3 is 0 Å². The lowest BCUT2D eigenvalue weighted by Gasteiger charge is -2.28. The minimum absolute atomic E-state index is 0.603. The van der Waals surface area contributed by atoms with Crippen molar-refractivity contribution in [2.75, 3.05) is 4.90 Å². The van der Waals surface area contributed by atoms with Crippen LogP contribution in [0.15, 0.2) is 203 Å². The molecule has 0 saturated heterocycles. The molecule has 53 heavy (non-hydrogen) atoms. The highest BCUT2D eigenvalue weighted by molar-refractivity contribution is 6.06. The second kappa shape index (κ2) is 12.9. The fourth-order valence-corrected chi connectivity index (χ4v) is 7.39. The largest absolute Gasteiger partial charge is 0.456 e. The van der Waals surface area contributed by atoms with Crippen molar-refractivity contribution in [1.82, 2.24) is 4.98 Å². The number of rotatable bonds is 7. The number of oxazole rings is 1. The molecule has 250 valence electrons. The van der Waals surface area contributed by atoms with Crippen molar-refractivity contribution in [3.05, 3.63) is 194 Å². The van der Waals surface area contributed by atoms with Crippen molar-refractivity contribution in [3.8, 4) is 44.8 Å². The van der Waals surface area contributed by atoms with Gasteiger partial charge in [-0.25, -0.2) is 4.98 Å². The van der Waals surface area contributed by atoms with Gasteiger partial charge in [0, 0.05) is 50.5 Å². The average molecular weight is 681 g/mol. The molecule has 0 spiro atoms. The van der Waals surface area contributed by atoms with Crippen LogP contribution in [0.2, 0.25) is 0 Å². The van der Waals surface area contributed by atoms with Crippen LogP contribution in [0.25, 0.3) is 77.9 Å². The van der Waals surface area contributed by atoms with Crippen LogP contribution in [0.3, 0.4) is 0 Å². The van der Waals surface area contributed by atoms with Gasteiger partial charge in [-0.2, -0.15) is 0 Å². The van der Waals surface area contributed by atoms with E-state index < -0.39 is 0 Å². The molecular weight excluding hydrogens is 649 g/mol. The van der Waals surface area contributed by atoms with Gasteiger partial charge in [0.25, 0.3) is 0 Å². The smallest absolute Gasteiger partial charge is 0.227 e. The van der Waals surface area contributed by atoms with Crippen molar-refractivity contribution in [2.24, 2.45) is 0 Å². The number of benzene rings is 8. The predicted molar refractivity (Wildman–Crippen MR) is 218 cm³/mol. The van der Waals surface area contributed by atoms with E-state index in [-0.39, 0.29) is 0 Å². The molecule has 0 fully saturated rings. The molecule has 4 heteroatoms. The number of para-hydroxylation sites is 2. The zero-order valence-corrected chi connectivity index (χ0v) is 28.7. The van der Waals surface area contributed by atoms with Gasteiger partial charge in [0.1, 0.15) is 16.7 Å². The normalized spacial score (nSPS) is 11.4. The standard InChI is InChI=1S/C49H32N2O2/c1-4-14-33(15-5-1)39-20-10-12-22-44(39)51(38-28-29-43-42-21-11-13-23-45(42)52-46(43)32-38)37-26-24-35(25-27-37)41-31-30-40(34-16-6-2-7-17-34)47-48(41)53-49(50-47)36-18-8-3-9-19-36/h1-32H. The summed E-state index contributed by atoms with van der Waals surface area (Å²) in [5.74, 6) is 0.603. The highest BCUT2D eigenvalue weighted by Gasteiger charge is 2.21. The van der Waals surface area contributed by atoms with Crippen LogP contribution >= 0.6 is 0 Å². The molecule has 4 nitrogen and oxygen atoms in total. The number of nitrogens with zero attached hydrogens (tertiary/aromatic N) is 2. The maximum atomic E-state index is 6.62. The van der Waals surface area contributed by atoms with Gasteiger partial charge in [-0.15, -0.1) is 0 Å². The lowest BCUT2D eigenvalue weighted by atomic mass is 9.98. The topological polar surface area (TPSA) is 42.4 Å². The molecule has 2 heterocycles. The number of anilines is 3. The van der Waals surface area contributed by atoms with Gasteiger partial charge in [0.05, 0.1) is 5.69 Å². The molecule has 8 aromatic carbocycles. The summed E-state index contributed by atoms with van der Waals surface area (Å²) in [5, 5.41) is 2.21. The maximum absolute atomic E-state index is 6.62. The Hall–Kier alpha value is -7.17. The van der Waals surface area contributed by atoms with E-state index in [0.29, 0.717) is 5.89 Å². The molecule has 0 aliphatic carbocycles. The number of hydrogen-bond acceptors (Lipinski definition) is 4. The number of hydrogen-bond donors (Lipinski definition) is 0. The lowest BCUT2D eigenvalue weighted by Crippen LogP contribution is -2.11. The zero-order chi connectivity index (χ0) is 35.1. The van der Waals surface area contributed by atoms with Crippen molar-refractivity contribution in [2.45, 2.75) is 0 Å². The highest BCUT2D eigenvalue weighted by Crippen LogP contribution is 2.44. The van der Waals surface area contributed by atoms with E-state index in [9.17, 15) is 0 Å². The first-order valence-corrected chi connectivity index (χ1v) is 17.8. The van der Waals surface area contributed by atoms with Gasteiger partial charge < -0.3 is 13.7 Å². The van der Waals surface area contributed by atoms with E-state index in [2.05, 4.69) is 150 Å². The van der Waals surface area contributed by atoms with E-state index in [1.165, 1.54) is 0 Å². The zero-order valence-electron chi connectivity index (χ0n) is 28.7. The molecular formula is C49H32N2O2. The van der Waals surface area contributed by atoms with Gasteiger partial charge in [0.15, 0.2) is 5.58 Å². The Bertz CT molecular complexity index is 2870. The number of aromatic nitrogens is 1. The molecule has 0 bridgehead atoms. The summed E-state index contributed by atoms with van der Waals surface area (Å²) < 4.78 is 13.0. The van der Waals surface area contributed by atoms with Gasteiger partial charge in [-0.1, -0.05) is 133 Å².